The fourth-order valence-electron chi connectivity index (χ4n) is 3.79. The Hall–Kier alpha value is -0.610. The first-order valence-electron chi connectivity index (χ1n) is 8.79. The Balaban J connectivity index is 2.03. The van der Waals surface area contributed by atoms with Crippen LogP contribution in [0.3, 0.4) is 0 Å². The number of carboxylic acids is 1. The largest absolute Gasteiger partial charge is 0.480 e. The number of hydrogen-bond donors (Lipinski definition) is 2. The van der Waals surface area contributed by atoms with Gasteiger partial charge < -0.3 is 15.3 Å². The van der Waals surface area contributed by atoms with Crippen molar-refractivity contribution in [2.75, 3.05) is 20.1 Å². The summed E-state index contributed by atoms with van der Waals surface area (Å²) in [4.78, 5) is 14.3. The van der Waals surface area contributed by atoms with E-state index < -0.39 is 11.5 Å². The zero-order chi connectivity index (χ0) is 15.3. The molecule has 2 rings (SSSR count). The number of likely N-dealkylation sites (N-methyl/N-ethyl adjacent to an activating group) is 1. The third kappa shape index (κ3) is 4.19. The molecule has 0 saturated heterocycles. The van der Waals surface area contributed by atoms with Crippen molar-refractivity contribution in [2.45, 2.75) is 76.3 Å². The molecule has 2 aliphatic rings. The highest BCUT2D eigenvalue weighted by molar-refractivity contribution is 5.80. The lowest BCUT2D eigenvalue weighted by Crippen LogP contribution is -2.61. The van der Waals surface area contributed by atoms with Gasteiger partial charge in [0.05, 0.1) is 0 Å². The Morgan fingerprint density at radius 1 is 1.19 bits per heavy atom. The van der Waals surface area contributed by atoms with E-state index >= 15 is 0 Å². The summed E-state index contributed by atoms with van der Waals surface area (Å²) < 4.78 is 0. The molecule has 4 heteroatoms. The molecule has 0 heterocycles. The minimum Gasteiger partial charge on any atom is -0.480 e. The average molecular weight is 296 g/mol. The van der Waals surface area contributed by atoms with Crippen LogP contribution in [0.15, 0.2) is 0 Å². The van der Waals surface area contributed by atoms with E-state index in [1.807, 2.05) is 0 Å². The monoisotopic (exact) mass is 296 g/mol. The minimum absolute atomic E-state index is 0.315. The van der Waals surface area contributed by atoms with Gasteiger partial charge in [0.2, 0.25) is 0 Å². The fourth-order valence-corrected chi connectivity index (χ4v) is 3.79. The first-order valence-corrected chi connectivity index (χ1v) is 8.79. The van der Waals surface area contributed by atoms with E-state index in [1.54, 1.807) is 0 Å². The standard InChI is InChI=1S/C17H32N2O2/c1-3-12-18-17(16(20)21,14-10-11-14)13-19(2)15-8-6-4-5-7-9-15/h14-15,18H,3-13H2,1-2H3,(H,20,21). The summed E-state index contributed by atoms with van der Waals surface area (Å²) >= 11 is 0. The molecule has 122 valence electrons. The Bertz CT molecular complexity index is 336. The smallest absolute Gasteiger partial charge is 0.325 e. The Labute approximate surface area is 129 Å². The van der Waals surface area contributed by atoms with Crippen LogP contribution in [0.1, 0.15) is 64.7 Å². The molecule has 21 heavy (non-hydrogen) atoms. The SMILES string of the molecule is CCCNC(CN(C)C1CCCCCC1)(C(=O)O)C1CC1. The van der Waals surface area contributed by atoms with Crippen molar-refractivity contribution in [3.05, 3.63) is 0 Å². The molecule has 0 aromatic rings. The molecule has 0 aliphatic heterocycles. The van der Waals surface area contributed by atoms with E-state index in [0.717, 1.165) is 25.8 Å². The van der Waals surface area contributed by atoms with Crippen molar-refractivity contribution >= 4 is 5.97 Å². The van der Waals surface area contributed by atoms with Gasteiger partial charge in [0.25, 0.3) is 0 Å². The fraction of sp³-hybridized carbons (Fsp3) is 0.941. The molecule has 2 aliphatic carbocycles. The van der Waals surface area contributed by atoms with E-state index in [2.05, 4.69) is 24.2 Å². The number of nitrogens with one attached hydrogen (secondary N) is 1. The second kappa shape index (κ2) is 7.59. The molecule has 1 atom stereocenters. The van der Waals surface area contributed by atoms with Gasteiger partial charge in [-0.2, -0.15) is 0 Å². The summed E-state index contributed by atoms with van der Waals surface area (Å²) in [6.07, 6.45) is 10.8. The van der Waals surface area contributed by atoms with Crippen molar-refractivity contribution in [3.8, 4) is 0 Å². The van der Waals surface area contributed by atoms with E-state index in [1.165, 1.54) is 38.5 Å². The zero-order valence-corrected chi connectivity index (χ0v) is 13.7. The molecular formula is C17H32N2O2. The quantitative estimate of drug-likeness (QED) is 0.676. The normalized spacial score (nSPS) is 23.8. The zero-order valence-electron chi connectivity index (χ0n) is 13.7. The van der Waals surface area contributed by atoms with Crippen LogP contribution in [0.5, 0.6) is 0 Å². The van der Waals surface area contributed by atoms with Gasteiger partial charge in [-0.1, -0.05) is 32.6 Å². The number of hydrogen-bond acceptors (Lipinski definition) is 3. The average Bonchev–Trinajstić information content (AvgIpc) is 3.28. The minimum atomic E-state index is -0.725. The molecule has 1 unspecified atom stereocenters. The molecule has 2 saturated carbocycles. The lowest BCUT2D eigenvalue weighted by Gasteiger charge is -2.38. The number of rotatable bonds is 8. The molecule has 0 aromatic carbocycles. The second-order valence-corrected chi connectivity index (χ2v) is 7.04. The molecule has 0 bridgehead atoms. The second-order valence-electron chi connectivity index (χ2n) is 7.04. The summed E-state index contributed by atoms with van der Waals surface area (Å²) in [5, 5.41) is 13.3. The summed E-state index contributed by atoms with van der Waals surface area (Å²) in [5.74, 6) is -0.339. The Morgan fingerprint density at radius 3 is 2.29 bits per heavy atom. The highest BCUT2D eigenvalue weighted by Crippen LogP contribution is 2.41. The van der Waals surface area contributed by atoms with Gasteiger partial charge >= 0.3 is 5.97 Å². The van der Waals surface area contributed by atoms with Crippen LogP contribution in [0.25, 0.3) is 0 Å². The molecular weight excluding hydrogens is 264 g/mol. The summed E-state index contributed by atoms with van der Waals surface area (Å²) in [5.41, 5.74) is -0.725. The van der Waals surface area contributed by atoms with Gasteiger partial charge in [-0.3, -0.25) is 4.79 Å². The van der Waals surface area contributed by atoms with Crippen molar-refractivity contribution in [3.63, 3.8) is 0 Å². The highest BCUT2D eigenvalue weighted by Gasteiger charge is 2.51. The number of carboxylic acid groups (broad SMARTS) is 1. The first-order chi connectivity index (χ1) is 10.1. The van der Waals surface area contributed by atoms with E-state index in [-0.39, 0.29) is 0 Å². The van der Waals surface area contributed by atoms with Crippen LogP contribution in [0, 0.1) is 5.92 Å². The molecule has 0 aromatic heterocycles. The van der Waals surface area contributed by atoms with Crippen LogP contribution in [-0.4, -0.2) is 47.7 Å². The predicted octanol–water partition coefficient (Wildman–Crippen LogP) is 2.87. The van der Waals surface area contributed by atoms with E-state index in [9.17, 15) is 9.90 Å². The Morgan fingerprint density at radius 2 is 1.81 bits per heavy atom. The maximum absolute atomic E-state index is 12.0. The molecule has 0 radical (unpaired) electrons. The van der Waals surface area contributed by atoms with Crippen LogP contribution >= 0.6 is 0 Å². The lowest BCUT2D eigenvalue weighted by atomic mass is 9.91. The summed E-state index contributed by atoms with van der Waals surface area (Å²) in [6, 6.07) is 0.563. The van der Waals surface area contributed by atoms with Gasteiger partial charge in [0.1, 0.15) is 5.54 Å². The van der Waals surface area contributed by atoms with Gasteiger partial charge in [0, 0.05) is 12.6 Å². The van der Waals surface area contributed by atoms with Crippen LogP contribution < -0.4 is 5.32 Å². The van der Waals surface area contributed by atoms with Crippen molar-refractivity contribution in [1.29, 1.82) is 0 Å². The van der Waals surface area contributed by atoms with Gasteiger partial charge in [0.15, 0.2) is 0 Å². The molecule has 2 N–H and O–H groups in total. The predicted molar refractivity (Wildman–Crippen MR) is 85.5 cm³/mol. The Kier molecular flexibility index (Phi) is 6.06. The summed E-state index contributed by atoms with van der Waals surface area (Å²) in [6.45, 7) is 3.54. The van der Waals surface area contributed by atoms with Gasteiger partial charge in [-0.15, -0.1) is 0 Å². The van der Waals surface area contributed by atoms with Crippen LogP contribution in [0.2, 0.25) is 0 Å². The number of nitrogens with zero attached hydrogens (tertiary/aromatic N) is 1. The van der Waals surface area contributed by atoms with Crippen LogP contribution in [-0.2, 0) is 4.79 Å². The molecule has 0 amide bonds. The molecule has 4 nitrogen and oxygen atoms in total. The van der Waals surface area contributed by atoms with Crippen molar-refractivity contribution < 1.29 is 9.90 Å². The maximum atomic E-state index is 12.0. The third-order valence-electron chi connectivity index (χ3n) is 5.29. The molecule has 2 fully saturated rings. The topological polar surface area (TPSA) is 52.6 Å². The summed E-state index contributed by atoms with van der Waals surface area (Å²) in [7, 11) is 2.13. The van der Waals surface area contributed by atoms with Gasteiger partial charge in [-0.05, 0) is 51.6 Å². The van der Waals surface area contributed by atoms with Crippen molar-refractivity contribution in [1.82, 2.24) is 10.2 Å². The number of aliphatic carboxylic acids is 1. The number of carbonyl (C=O) groups is 1. The van der Waals surface area contributed by atoms with E-state index in [4.69, 9.17) is 0 Å². The maximum Gasteiger partial charge on any atom is 0.325 e. The van der Waals surface area contributed by atoms with E-state index in [0.29, 0.717) is 18.5 Å². The highest BCUT2D eigenvalue weighted by atomic mass is 16.4. The van der Waals surface area contributed by atoms with Gasteiger partial charge in [-0.25, -0.2) is 0 Å². The first kappa shape index (κ1) is 16.8. The van der Waals surface area contributed by atoms with Crippen molar-refractivity contribution in [2.24, 2.45) is 5.92 Å². The third-order valence-corrected chi connectivity index (χ3v) is 5.29. The van der Waals surface area contributed by atoms with Crippen LogP contribution in [0.4, 0.5) is 0 Å². The molecule has 0 spiro atoms. The lowest BCUT2D eigenvalue weighted by molar-refractivity contribution is -0.147.